The molecule has 2 N–H and O–H groups in total. The van der Waals surface area contributed by atoms with E-state index in [1.54, 1.807) is 7.11 Å². The first-order valence-electron chi connectivity index (χ1n) is 6.92. The predicted octanol–water partition coefficient (Wildman–Crippen LogP) is 2.73. The molecule has 0 unspecified atom stereocenters. The van der Waals surface area contributed by atoms with Crippen LogP contribution in [0.2, 0.25) is 0 Å². The summed E-state index contributed by atoms with van der Waals surface area (Å²) < 4.78 is 10.6. The normalized spacial score (nSPS) is 10.8. The molecular formula is C15H21N3O2. The van der Waals surface area contributed by atoms with Gasteiger partial charge in [0.15, 0.2) is 0 Å². The van der Waals surface area contributed by atoms with Crippen LogP contribution in [0.15, 0.2) is 22.7 Å². The van der Waals surface area contributed by atoms with Crippen LogP contribution in [0.25, 0.3) is 11.4 Å². The first-order chi connectivity index (χ1) is 9.74. The zero-order valence-corrected chi connectivity index (χ0v) is 12.1. The van der Waals surface area contributed by atoms with Crippen LogP contribution in [0.3, 0.4) is 0 Å². The first kappa shape index (κ1) is 14.5. The summed E-state index contributed by atoms with van der Waals surface area (Å²) in [5.74, 6) is 2.01. The Morgan fingerprint density at radius 1 is 1.25 bits per heavy atom. The number of hydrogen-bond acceptors (Lipinski definition) is 5. The van der Waals surface area contributed by atoms with Crippen LogP contribution in [0.4, 0.5) is 0 Å². The molecule has 0 aliphatic carbocycles. The highest BCUT2D eigenvalue weighted by Gasteiger charge is 2.13. The summed E-state index contributed by atoms with van der Waals surface area (Å²) in [5.41, 5.74) is 7.46. The van der Waals surface area contributed by atoms with Crippen molar-refractivity contribution in [3.05, 3.63) is 29.7 Å². The van der Waals surface area contributed by atoms with Crippen molar-refractivity contribution in [2.75, 3.05) is 13.7 Å². The van der Waals surface area contributed by atoms with Gasteiger partial charge in [-0.05, 0) is 44.0 Å². The third kappa shape index (κ3) is 3.57. The molecule has 2 rings (SSSR count). The van der Waals surface area contributed by atoms with Gasteiger partial charge in [0.05, 0.1) is 12.7 Å². The topological polar surface area (TPSA) is 74.2 Å². The van der Waals surface area contributed by atoms with Crippen LogP contribution < -0.4 is 10.5 Å². The van der Waals surface area contributed by atoms with E-state index < -0.39 is 0 Å². The lowest BCUT2D eigenvalue weighted by Crippen LogP contribution is -1.98. The smallest absolute Gasteiger partial charge is 0.226 e. The molecule has 0 bridgehead atoms. The van der Waals surface area contributed by atoms with E-state index >= 15 is 0 Å². The molecule has 0 amide bonds. The molecule has 2 aromatic rings. The summed E-state index contributed by atoms with van der Waals surface area (Å²) >= 11 is 0. The van der Waals surface area contributed by atoms with E-state index in [2.05, 4.69) is 10.1 Å². The van der Waals surface area contributed by atoms with Crippen molar-refractivity contribution in [1.82, 2.24) is 10.1 Å². The molecule has 0 aliphatic heterocycles. The minimum Gasteiger partial charge on any atom is -0.496 e. The third-order valence-corrected chi connectivity index (χ3v) is 3.16. The lowest BCUT2D eigenvalue weighted by Gasteiger charge is -2.05. The number of aromatic nitrogens is 2. The average Bonchev–Trinajstić information content (AvgIpc) is 2.92. The molecule has 0 atom stereocenters. The van der Waals surface area contributed by atoms with Gasteiger partial charge in [-0.15, -0.1) is 0 Å². The summed E-state index contributed by atoms with van der Waals surface area (Å²) in [6.45, 7) is 2.75. The lowest BCUT2D eigenvalue weighted by molar-refractivity contribution is 0.373. The van der Waals surface area contributed by atoms with Crippen LogP contribution in [0, 0.1) is 6.92 Å². The largest absolute Gasteiger partial charge is 0.496 e. The van der Waals surface area contributed by atoms with Gasteiger partial charge in [0, 0.05) is 6.42 Å². The highest BCUT2D eigenvalue weighted by molar-refractivity contribution is 5.64. The third-order valence-electron chi connectivity index (χ3n) is 3.16. The fourth-order valence-corrected chi connectivity index (χ4v) is 2.05. The molecule has 0 fully saturated rings. The summed E-state index contributed by atoms with van der Waals surface area (Å²) in [4.78, 5) is 4.43. The van der Waals surface area contributed by atoms with Gasteiger partial charge in [0.25, 0.3) is 0 Å². The molecule has 108 valence electrons. The second-order valence-corrected chi connectivity index (χ2v) is 4.81. The van der Waals surface area contributed by atoms with Crippen LogP contribution in [0.1, 0.15) is 30.7 Å². The van der Waals surface area contributed by atoms with Gasteiger partial charge < -0.3 is 15.0 Å². The first-order valence-corrected chi connectivity index (χ1v) is 6.92. The molecule has 5 heteroatoms. The van der Waals surface area contributed by atoms with Crippen molar-refractivity contribution in [2.24, 2.45) is 5.73 Å². The van der Waals surface area contributed by atoms with Crippen molar-refractivity contribution in [3.8, 4) is 17.1 Å². The van der Waals surface area contributed by atoms with Gasteiger partial charge in [0.1, 0.15) is 5.75 Å². The Morgan fingerprint density at radius 2 is 2.10 bits per heavy atom. The molecule has 0 saturated heterocycles. The summed E-state index contributed by atoms with van der Waals surface area (Å²) in [6.07, 6.45) is 3.93. The Balaban J connectivity index is 2.08. The minimum absolute atomic E-state index is 0.579. The van der Waals surface area contributed by atoms with E-state index in [1.807, 2.05) is 25.1 Å². The number of methoxy groups -OCH3 is 1. The monoisotopic (exact) mass is 275 g/mol. The van der Waals surface area contributed by atoms with Crippen LogP contribution in [0.5, 0.6) is 5.75 Å². The molecular weight excluding hydrogens is 254 g/mol. The number of ether oxygens (including phenoxy) is 1. The van der Waals surface area contributed by atoms with Crippen molar-refractivity contribution < 1.29 is 9.26 Å². The molecule has 5 nitrogen and oxygen atoms in total. The van der Waals surface area contributed by atoms with E-state index in [-0.39, 0.29) is 0 Å². The molecule has 0 spiro atoms. The molecule has 20 heavy (non-hydrogen) atoms. The second kappa shape index (κ2) is 7.05. The SMILES string of the molecule is COc1cc(C)ccc1-c1noc(CCCCCN)n1. The Bertz CT molecular complexity index is 552. The standard InChI is InChI=1S/C15H21N3O2/c1-11-7-8-12(13(10-11)19-2)15-17-14(20-18-15)6-4-3-5-9-16/h7-8,10H,3-6,9,16H2,1-2H3. The predicted molar refractivity (Wildman–Crippen MR) is 77.6 cm³/mol. The molecule has 0 radical (unpaired) electrons. The molecule has 1 aromatic carbocycles. The summed E-state index contributed by atoms with van der Waals surface area (Å²) in [7, 11) is 1.64. The minimum atomic E-state index is 0.579. The Hall–Kier alpha value is -1.88. The number of nitrogens with two attached hydrogens (primary N) is 1. The Labute approximate surface area is 119 Å². The average molecular weight is 275 g/mol. The highest BCUT2D eigenvalue weighted by atomic mass is 16.5. The lowest BCUT2D eigenvalue weighted by atomic mass is 10.1. The van der Waals surface area contributed by atoms with Crippen molar-refractivity contribution in [2.45, 2.75) is 32.6 Å². The molecule has 0 aliphatic rings. The van der Waals surface area contributed by atoms with E-state index in [0.29, 0.717) is 11.7 Å². The van der Waals surface area contributed by atoms with Crippen molar-refractivity contribution in [1.29, 1.82) is 0 Å². The van der Waals surface area contributed by atoms with E-state index in [4.69, 9.17) is 15.0 Å². The van der Waals surface area contributed by atoms with Crippen molar-refractivity contribution >= 4 is 0 Å². The molecule has 0 saturated carbocycles. The zero-order valence-electron chi connectivity index (χ0n) is 12.1. The maximum absolute atomic E-state index is 5.47. The number of hydrogen-bond donors (Lipinski definition) is 1. The summed E-state index contributed by atoms with van der Waals surface area (Å²) in [5, 5.41) is 4.03. The Morgan fingerprint density at radius 3 is 2.85 bits per heavy atom. The number of nitrogens with zero attached hydrogens (tertiary/aromatic N) is 2. The van der Waals surface area contributed by atoms with Crippen LogP contribution in [-0.2, 0) is 6.42 Å². The maximum atomic E-state index is 5.47. The van der Waals surface area contributed by atoms with Gasteiger partial charge in [-0.3, -0.25) is 0 Å². The summed E-state index contributed by atoms with van der Waals surface area (Å²) in [6, 6.07) is 5.93. The quantitative estimate of drug-likeness (QED) is 0.786. The number of aryl methyl sites for hydroxylation is 2. The van der Waals surface area contributed by atoms with Gasteiger partial charge in [-0.1, -0.05) is 17.6 Å². The molecule has 1 heterocycles. The maximum Gasteiger partial charge on any atom is 0.226 e. The van der Waals surface area contributed by atoms with Gasteiger partial charge in [0.2, 0.25) is 11.7 Å². The fourth-order valence-electron chi connectivity index (χ4n) is 2.05. The van der Waals surface area contributed by atoms with E-state index in [0.717, 1.165) is 49.1 Å². The highest BCUT2D eigenvalue weighted by Crippen LogP contribution is 2.28. The van der Waals surface area contributed by atoms with Crippen LogP contribution >= 0.6 is 0 Å². The van der Waals surface area contributed by atoms with Gasteiger partial charge in [-0.25, -0.2) is 0 Å². The second-order valence-electron chi connectivity index (χ2n) is 4.81. The number of unbranched alkanes of at least 4 members (excludes halogenated alkanes) is 2. The fraction of sp³-hybridized carbons (Fsp3) is 0.467. The van der Waals surface area contributed by atoms with Crippen LogP contribution in [-0.4, -0.2) is 23.8 Å². The number of benzene rings is 1. The van der Waals surface area contributed by atoms with Gasteiger partial charge >= 0.3 is 0 Å². The number of rotatable bonds is 7. The van der Waals surface area contributed by atoms with Crippen molar-refractivity contribution in [3.63, 3.8) is 0 Å². The van der Waals surface area contributed by atoms with Gasteiger partial charge in [-0.2, -0.15) is 4.98 Å². The zero-order chi connectivity index (χ0) is 14.4. The van der Waals surface area contributed by atoms with E-state index in [1.165, 1.54) is 0 Å². The Kier molecular flexibility index (Phi) is 5.12. The molecule has 1 aromatic heterocycles. The van der Waals surface area contributed by atoms with E-state index in [9.17, 15) is 0 Å².